The number of hydrogen-bond donors (Lipinski definition) is 0. The van der Waals surface area contributed by atoms with Gasteiger partial charge in [-0.25, -0.2) is 4.39 Å². The Morgan fingerprint density at radius 2 is 1.95 bits per heavy atom. The molecule has 1 aromatic heterocycles. The van der Waals surface area contributed by atoms with E-state index < -0.39 is 0 Å². The molecule has 7 heteroatoms. The lowest BCUT2D eigenvalue weighted by Gasteiger charge is -1.99. The number of Topliss-reactive ketones (excluding diaryl/α,β-unsaturated/α-hetero) is 1. The summed E-state index contributed by atoms with van der Waals surface area (Å²) < 4.78 is 14.5. The quantitative estimate of drug-likeness (QED) is 0.600. The molecule has 0 saturated carbocycles. The van der Waals surface area contributed by atoms with Gasteiger partial charge in [-0.05, 0) is 30.5 Å². The Morgan fingerprint density at radius 1 is 1.26 bits per heavy atom. The topological polar surface area (TPSA) is 42.9 Å². The van der Waals surface area contributed by atoms with Crippen LogP contribution in [0.15, 0.2) is 32.9 Å². The molecule has 1 heterocycles. The molecule has 0 aliphatic carbocycles. The number of hydrogen-bond acceptors (Lipinski definition) is 6. The Bertz CT molecular complexity index is 556. The van der Waals surface area contributed by atoms with Gasteiger partial charge in [0.05, 0.1) is 0 Å². The van der Waals surface area contributed by atoms with Gasteiger partial charge in [-0.1, -0.05) is 34.9 Å². The molecule has 0 N–H and O–H groups in total. The van der Waals surface area contributed by atoms with E-state index in [1.165, 1.54) is 47.4 Å². The van der Waals surface area contributed by atoms with Crippen molar-refractivity contribution in [3.05, 3.63) is 35.6 Å². The van der Waals surface area contributed by atoms with Crippen LogP contribution in [0.1, 0.15) is 16.8 Å². The predicted octanol–water partition coefficient (Wildman–Crippen LogP) is 3.76. The molecule has 0 fully saturated rings. The second kappa shape index (κ2) is 7.02. The van der Waals surface area contributed by atoms with Crippen molar-refractivity contribution in [2.24, 2.45) is 0 Å². The second-order valence-corrected chi connectivity index (χ2v) is 6.94. The van der Waals surface area contributed by atoms with Crippen molar-refractivity contribution in [1.82, 2.24) is 10.2 Å². The summed E-state index contributed by atoms with van der Waals surface area (Å²) in [6, 6.07) is 5.63. The van der Waals surface area contributed by atoms with E-state index in [9.17, 15) is 9.18 Å². The van der Waals surface area contributed by atoms with E-state index in [-0.39, 0.29) is 11.6 Å². The van der Waals surface area contributed by atoms with Crippen molar-refractivity contribution in [2.45, 2.75) is 15.1 Å². The van der Waals surface area contributed by atoms with Crippen LogP contribution in [-0.4, -0.2) is 28.0 Å². The summed E-state index contributed by atoms with van der Waals surface area (Å²) in [4.78, 5) is 11.8. The minimum Gasteiger partial charge on any atom is -0.294 e. The Hall–Kier alpha value is -0.920. The number of rotatable bonds is 6. The largest absolute Gasteiger partial charge is 0.294 e. The van der Waals surface area contributed by atoms with Gasteiger partial charge in [0.2, 0.25) is 0 Å². The van der Waals surface area contributed by atoms with E-state index in [1.807, 2.05) is 6.26 Å². The Balaban J connectivity index is 1.82. The maximum Gasteiger partial charge on any atom is 0.175 e. The molecule has 0 aliphatic rings. The van der Waals surface area contributed by atoms with Crippen molar-refractivity contribution >= 4 is 40.6 Å². The standard InChI is InChI=1S/C12H11FN2OS3/c1-17-11-14-15-12(19-11)18-7-6-10(16)8-2-4-9(13)5-3-8/h2-5H,6-7H2,1H3. The maximum atomic E-state index is 12.7. The van der Waals surface area contributed by atoms with Gasteiger partial charge >= 0.3 is 0 Å². The zero-order valence-electron chi connectivity index (χ0n) is 10.1. The SMILES string of the molecule is CSc1nnc(SCCC(=O)c2ccc(F)cc2)s1. The second-order valence-electron chi connectivity index (χ2n) is 3.57. The molecule has 0 spiro atoms. The van der Waals surface area contributed by atoms with E-state index >= 15 is 0 Å². The lowest BCUT2D eigenvalue weighted by atomic mass is 10.1. The van der Waals surface area contributed by atoms with E-state index in [4.69, 9.17) is 0 Å². The molecule has 0 radical (unpaired) electrons. The van der Waals surface area contributed by atoms with Crippen LogP contribution in [0.3, 0.4) is 0 Å². The van der Waals surface area contributed by atoms with Crippen molar-refractivity contribution in [1.29, 1.82) is 0 Å². The van der Waals surface area contributed by atoms with E-state index in [0.717, 1.165) is 8.68 Å². The maximum absolute atomic E-state index is 12.7. The van der Waals surface area contributed by atoms with Crippen LogP contribution in [0.5, 0.6) is 0 Å². The first-order valence-corrected chi connectivity index (χ1v) is 8.51. The molecule has 2 aromatic rings. The molecule has 0 amide bonds. The molecule has 2 rings (SSSR count). The molecule has 3 nitrogen and oxygen atoms in total. The smallest absolute Gasteiger partial charge is 0.175 e. The number of nitrogens with zero attached hydrogens (tertiary/aromatic N) is 2. The zero-order chi connectivity index (χ0) is 13.7. The fourth-order valence-corrected chi connectivity index (χ4v) is 3.80. The summed E-state index contributed by atoms with van der Waals surface area (Å²) in [7, 11) is 0. The lowest BCUT2D eigenvalue weighted by molar-refractivity contribution is 0.0989. The molecule has 19 heavy (non-hydrogen) atoms. The predicted molar refractivity (Wildman–Crippen MR) is 77.8 cm³/mol. The van der Waals surface area contributed by atoms with Gasteiger partial charge < -0.3 is 0 Å². The molecule has 100 valence electrons. The third-order valence-corrected chi connectivity index (χ3v) is 5.32. The minimum atomic E-state index is -0.329. The number of halogens is 1. The summed E-state index contributed by atoms with van der Waals surface area (Å²) in [5.41, 5.74) is 0.545. The van der Waals surface area contributed by atoms with Crippen LogP contribution in [0.4, 0.5) is 4.39 Å². The van der Waals surface area contributed by atoms with Crippen LogP contribution >= 0.6 is 34.9 Å². The van der Waals surface area contributed by atoms with Crippen LogP contribution in [0, 0.1) is 5.82 Å². The van der Waals surface area contributed by atoms with Gasteiger partial charge in [-0.2, -0.15) is 0 Å². The monoisotopic (exact) mass is 314 g/mol. The summed E-state index contributed by atoms with van der Waals surface area (Å²) in [6.45, 7) is 0. The molecule has 0 bridgehead atoms. The number of carbonyl (C=O) groups is 1. The highest BCUT2D eigenvalue weighted by Crippen LogP contribution is 2.27. The van der Waals surface area contributed by atoms with Gasteiger partial charge in [0.25, 0.3) is 0 Å². The first-order valence-electron chi connectivity index (χ1n) is 5.48. The first-order chi connectivity index (χ1) is 9.19. The fourth-order valence-electron chi connectivity index (χ4n) is 1.35. The highest BCUT2D eigenvalue weighted by atomic mass is 32.2. The number of thioether (sulfide) groups is 2. The average Bonchev–Trinajstić information content (AvgIpc) is 2.87. The molecular weight excluding hydrogens is 303 g/mol. The van der Waals surface area contributed by atoms with Gasteiger partial charge in [0.1, 0.15) is 5.82 Å². The molecule has 0 aliphatic heterocycles. The van der Waals surface area contributed by atoms with Crippen LogP contribution in [0.2, 0.25) is 0 Å². The summed E-state index contributed by atoms with van der Waals surface area (Å²) >= 11 is 4.60. The number of benzene rings is 1. The Labute approximate surface area is 123 Å². The number of aromatic nitrogens is 2. The normalized spacial score (nSPS) is 10.6. The number of ketones is 1. The zero-order valence-corrected chi connectivity index (χ0v) is 12.6. The van der Waals surface area contributed by atoms with Crippen molar-refractivity contribution in [3.63, 3.8) is 0 Å². The molecule has 1 aromatic carbocycles. The molecule has 0 saturated heterocycles. The van der Waals surface area contributed by atoms with Crippen LogP contribution < -0.4 is 0 Å². The molecular formula is C12H11FN2OS3. The number of carbonyl (C=O) groups excluding carboxylic acids is 1. The average molecular weight is 314 g/mol. The van der Waals surface area contributed by atoms with Gasteiger partial charge in [0, 0.05) is 17.7 Å². The Morgan fingerprint density at radius 3 is 2.58 bits per heavy atom. The first kappa shape index (κ1) is 14.5. The van der Waals surface area contributed by atoms with Crippen molar-refractivity contribution in [3.8, 4) is 0 Å². The van der Waals surface area contributed by atoms with Crippen molar-refractivity contribution < 1.29 is 9.18 Å². The van der Waals surface area contributed by atoms with Gasteiger partial charge in [0.15, 0.2) is 14.5 Å². The summed E-state index contributed by atoms with van der Waals surface area (Å²) in [5, 5.41) is 8.00. The highest BCUT2D eigenvalue weighted by Gasteiger charge is 2.08. The van der Waals surface area contributed by atoms with E-state index in [1.54, 1.807) is 11.8 Å². The van der Waals surface area contributed by atoms with Gasteiger partial charge in [-0.3, -0.25) is 4.79 Å². The van der Waals surface area contributed by atoms with Crippen molar-refractivity contribution in [2.75, 3.05) is 12.0 Å². The lowest BCUT2D eigenvalue weighted by Crippen LogP contribution is -2.00. The van der Waals surface area contributed by atoms with Gasteiger partial charge in [-0.15, -0.1) is 10.2 Å². The third-order valence-electron chi connectivity index (χ3n) is 2.28. The third kappa shape index (κ3) is 4.29. The van der Waals surface area contributed by atoms with E-state index in [0.29, 0.717) is 17.7 Å². The molecule has 0 unspecified atom stereocenters. The Kier molecular flexibility index (Phi) is 5.35. The summed E-state index contributed by atoms with van der Waals surface area (Å²) in [5.74, 6) is 0.339. The van der Waals surface area contributed by atoms with Crippen LogP contribution in [0.25, 0.3) is 0 Å². The van der Waals surface area contributed by atoms with Crippen LogP contribution in [-0.2, 0) is 0 Å². The molecule has 0 atom stereocenters. The van der Waals surface area contributed by atoms with E-state index in [2.05, 4.69) is 10.2 Å². The summed E-state index contributed by atoms with van der Waals surface area (Å²) in [6.07, 6.45) is 2.36. The fraction of sp³-hybridized carbons (Fsp3) is 0.250. The minimum absolute atomic E-state index is 0.0158. The highest BCUT2D eigenvalue weighted by molar-refractivity contribution is 8.02.